The number of carbonyl (C=O) groups is 1. The van der Waals surface area contributed by atoms with Gasteiger partial charge < -0.3 is 9.73 Å². The summed E-state index contributed by atoms with van der Waals surface area (Å²) in [6.45, 7) is 3.65. The van der Waals surface area contributed by atoms with Crippen LogP contribution in [0, 0.1) is 13.8 Å². The van der Waals surface area contributed by atoms with Gasteiger partial charge in [-0.25, -0.2) is 4.79 Å². The van der Waals surface area contributed by atoms with E-state index in [2.05, 4.69) is 20.7 Å². The Morgan fingerprint density at radius 3 is 3.00 bits per heavy atom. The van der Waals surface area contributed by atoms with E-state index < -0.39 is 0 Å². The molecule has 1 atom stereocenters. The molecule has 0 aliphatic heterocycles. The van der Waals surface area contributed by atoms with Crippen LogP contribution in [0.15, 0.2) is 10.6 Å². The summed E-state index contributed by atoms with van der Waals surface area (Å²) in [6.07, 6.45) is 4.78. The van der Waals surface area contributed by atoms with E-state index in [1.165, 1.54) is 5.69 Å². The minimum absolute atomic E-state index is 0.0143. The normalized spacial score (nSPS) is 17.4. The molecule has 7 heteroatoms. The number of rotatable bonds is 2. The van der Waals surface area contributed by atoms with Gasteiger partial charge in [-0.05, 0) is 33.1 Å². The second-order valence-electron chi connectivity index (χ2n) is 5.37. The van der Waals surface area contributed by atoms with Crippen LogP contribution in [0.25, 0.3) is 0 Å². The molecule has 0 unspecified atom stereocenters. The maximum absolute atomic E-state index is 12.1. The molecule has 0 saturated heterocycles. The lowest BCUT2D eigenvalue weighted by atomic mass is 9.93. The van der Waals surface area contributed by atoms with Crippen molar-refractivity contribution in [2.45, 2.75) is 39.2 Å². The van der Waals surface area contributed by atoms with Crippen molar-refractivity contribution in [3.63, 3.8) is 0 Å². The summed E-state index contributed by atoms with van der Waals surface area (Å²) in [4.78, 5) is 16.2. The van der Waals surface area contributed by atoms with Crippen molar-refractivity contribution in [3.8, 4) is 0 Å². The number of aryl methyl sites for hydroxylation is 3. The molecule has 0 aromatic carbocycles. The second-order valence-corrected chi connectivity index (χ2v) is 5.37. The molecule has 7 nitrogen and oxygen atoms in total. The fourth-order valence-electron chi connectivity index (χ4n) is 2.67. The van der Waals surface area contributed by atoms with Crippen molar-refractivity contribution in [2.75, 3.05) is 5.32 Å². The van der Waals surface area contributed by atoms with Crippen LogP contribution < -0.4 is 10.6 Å². The van der Waals surface area contributed by atoms with Crippen LogP contribution in [0.2, 0.25) is 0 Å². The van der Waals surface area contributed by atoms with Crippen molar-refractivity contribution in [3.05, 3.63) is 28.9 Å². The summed E-state index contributed by atoms with van der Waals surface area (Å²) >= 11 is 0. The lowest BCUT2D eigenvalue weighted by Crippen LogP contribution is -2.34. The number of amides is 2. The quantitative estimate of drug-likeness (QED) is 0.887. The van der Waals surface area contributed by atoms with Crippen LogP contribution in [0.3, 0.4) is 0 Å². The summed E-state index contributed by atoms with van der Waals surface area (Å²) in [7, 11) is 1.93. The number of oxazole rings is 1. The third-order valence-corrected chi connectivity index (χ3v) is 3.93. The summed E-state index contributed by atoms with van der Waals surface area (Å²) in [5.41, 5.74) is 3.06. The van der Waals surface area contributed by atoms with Gasteiger partial charge in [0.25, 0.3) is 0 Å². The number of hydrogen-bond acceptors (Lipinski definition) is 4. The zero-order valence-corrected chi connectivity index (χ0v) is 12.4. The number of fused-ring (bicyclic) bond motifs is 1. The Hall–Kier alpha value is -2.31. The van der Waals surface area contributed by atoms with Crippen LogP contribution >= 0.6 is 0 Å². The van der Waals surface area contributed by atoms with Crippen molar-refractivity contribution in [1.29, 1.82) is 0 Å². The van der Waals surface area contributed by atoms with Crippen molar-refractivity contribution < 1.29 is 9.21 Å². The third kappa shape index (κ3) is 2.63. The number of anilines is 1. The Labute approximate surface area is 122 Å². The lowest BCUT2D eigenvalue weighted by molar-refractivity contribution is 0.246. The second kappa shape index (κ2) is 5.23. The number of hydrogen-bond donors (Lipinski definition) is 2. The highest BCUT2D eigenvalue weighted by Gasteiger charge is 2.25. The summed E-state index contributed by atoms with van der Waals surface area (Å²) in [6, 6.07) is -0.0951. The van der Waals surface area contributed by atoms with Gasteiger partial charge in [-0.2, -0.15) is 10.1 Å². The van der Waals surface area contributed by atoms with Gasteiger partial charge in [0.1, 0.15) is 5.76 Å². The van der Waals surface area contributed by atoms with Crippen LogP contribution in [0.4, 0.5) is 10.8 Å². The molecule has 0 fully saturated rings. The van der Waals surface area contributed by atoms with Crippen molar-refractivity contribution >= 4 is 12.0 Å². The number of nitrogens with zero attached hydrogens (tertiary/aromatic N) is 3. The first-order valence-electron chi connectivity index (χ1n) is 7.07. The minimum atomic E-state index is -0.307. The zero-order valence-electron chi connectivity index (χ0n) is 12.4. The van der Waals surface area contributed by atoms with Gasteiger partial charge in [0.15, 0.2) is 0 Å². The highest BCUT2D eigenvalue weighted by atomic mass is 16.4. The monoisotopic (exact) mass is 289 g/mol. The van der Waals surface area contributed by atoms with Crippen LogP contribution in [0.1, 0.15) is 41.6 Å². The summed E-state index contributed by atoms with van der Waals surface area (Å²) in [5.74, 6) is 0.706. The molecule has 0 spiro atoms. The molecule has 112 valence electrons. The highest BCUT2D eigenvalue weighted by Crippen LogP contribution is 2.29. The first-order valence-corrected chi connectivity index (χ1v) is 7.07. The average molecular weight is 289 g/mol. The van der Waals surface area contributed by atoms with Gasteiger partial charge in [-0.15, -0.1) is 0 Å². The molecule has 3 rings (SSSR count). The molecule has 0 bridgehead atoms. The maximum Gasteiger partial charge on any atom is 0.323 e. The number of carbonyl (C=O) groups excluding carboxylic acids is 1. The number of aromatic nitrogens is 3. The molecule has 2 N–H and O–H groups in total. The maximum atomic E-state index is 12.1. The molecular formula is C14H19N5O2. The van der Waals surface area contributed by atoms with E-state index in [0.717, 1.165) is 30.5 Å². The molecule has 21 heavy (non-hydrogen) atoms. The molecule has 2 heterocycles. The molecule has 2 aromatic heterocycles. The van der Waals surface area contributed by atoms with E-state index in [9.17, 15) is 4.79 Å². The van der Waals surface area contributed by atoms with Crippen LogP contribution in [0.5, 0.6) is 0 Å². The Morgan fingerprint density at radius 2 is 2.29 bits per heavy atom. The van der Waals surface area contributed by atoms with E-state index in [4.69, 9.17) is 4.42 Å². The Bertz CT molecular complexity index is 653. The van der Waals surface area contributed by atoms with Gasteiger partial charge in [-0.3, -0.25) is 10.00 Å². The molecule has 0 radical (unpaired) electrons. The Morgan fingerprint density at radius 1 is 1.48 bits per heavy atom. The summed E-state index contributed by atoms with van der Waals surface area (Å²) < 4.78 is 7.23. The molecule has 1 aliphatic carbocycles. The first kappa shape index (κ1) is 13.7. The van der Waals surface area contributed by atoms with E-state index in [1.54, 1.807) is 0 Å². The Kier molecular flexibility index (Phi) is 3.40. The van der Waals surface area contributed by atoms with Crippen LogP contribution in [-0.4, -0.2) is 20.8 Å². The van der Waals surface area contributed by atoms with Crippen molar-refractivity contribution in [2.24, 2.45) is 7.05 Å². The average Bonchev–Trinajstić information content (AvgIpc) is 2.95. The lowest BCUT2D eigenvalue weighted by Gasteiger charge is -2.23. The standard InChI is InChI=1S/C14H19N5O2/c1-8-9(2)21-14(16-8)18-13(20)17-11-5-4-6-12-10(11)7-15-19(12)3/h7,11H,4-6H2,1-3H3,(H2,16,17,18,20)/t11-/m0/s1. The number of nitrogens with one attached hydrogen (secondary N) is 2. The predicted octanol–water partition coefficient (Wildman–Crippen LogP) is 2.22. The minimum Gasteiger partial charge on any atom is -0.428 e. The highest BCUT2D eigenvalue weighted by molar-refractivity contribution is 5.87. The first-order chi connectivity index (χ1) is 10.0. The topological polar surface area (TPSA) is 85.0 Å². The van der Waals surface area contributed by atoms with Gasteiger partial charge in [0, 0.05) is 18.3 Å². The zero-order chi connectivity index (χ0) is 15.0. The van der Waals surface area contributed by atoms with E-state index in [0.29, 0.717) is 5.76 Å². The molecule has 2 aromatic rings. The molecule has 0 saturated carbocycles. The van der Waals surface area contributed by atoms with E-state index in [-0.39, 0.29) is 18.1 Å². The molecule has 1 aliphatic rings. The third-order valence-electron chi connectivity index (χ3n) is 3.93. The predicted molar refractivity (Wildman–Crippen MR) is 77.0 cm³/mol. The van der Waals surface area contributed by atoms with E-state index in [1.807, 2.05) is 31.8 Å². The van der Waals surface area contributed by atoms with Gasteiger partial charge >= 0.3 is 12.0 Å². The molecule has 2 amide bonds. The fraction of sp³-hybridized carbons (Fsp3) is 0.500. The SMILES string of the molecule is Cc1nc(NC(=O)N[C@H]2CCCc3c2cnn3C)oc1C. The smallest absolute Gasteiger partial charge is 0.323 e. The largest absolute Gasteiger partial charge is 0.428 e. The van der Waals surface area contributed by atoms with Crippen LogP contribution in [-0.2, 0) is 13.5 Å². The van der Waals surface area contributed by atoms with E-state index >= 15 is 0 Å². The fourth-order valence-corrected chi connectivity index (χ4v) is 2.67. The molecular weight excluding hydrogens is 270 g/mol. The Balaban J connectivity index is 1.68. The van der Waals surface area contributed by atoms with Gasteiger partial charge in [0.05, 0.1) is 17.9 Å². The van der Waals surface area contributed by atoms with Gasteiger partial charge in [-0.1, -0.05) is 0 Å². The van der Waals surface area contributed by atoms with Crippen molar-refractivity contribution in [1.82, 2.24) is 20.1 Å². The summed E-state index contributed by atoms with van der Waals surface area (Å²) in [5, 5.41) is 9.86. The number of urea groups is 1. The van der Waals surface area contributed by atoms with Gasteiger partial charge in [0.2, 0.25) is 0 Å².